The normalized spacial score (nSPS) is 40.1. The quantitative estimate of drug-likeness (QED) is 0.190. The van der Waals surface area contributed by atoms with Crippen molar-refractivity contribution in [3.05, 3.63) is 22.8 Å². The first kappa shape index (κ1) is 33.7. The fourth-order valence-corrected chi connectivity index (χ4v) is 10.3. The standard InChI is InChI=1S/C35H54O8/c1-19(31(39)40)11-12-25(42-21(3)36)20(2)24-17-28(38)35(9)30-23(13-16-34(24,35)8)33(7)15-14-29(43-22(4)37)32(5,6)27(33)18-26(30)41-10/h11,20,24-29,38H,12-18H2,1-10H3,(H,39,40)/b19-11+. The number of ether oxygens (including phenoxy) is 3. The van der Waals surface area contributed by atoms with Gasteiger partial charge in [-0.05, 0) is 79.6 Å². The molecule has 8 heteroatoms. The Balaban J connectivity index is 1.76. The van der Waals surface area contributed by atoms with Crippen LogP contribution in [0.2, 0.25) is 0 Å². The molecule has 0 aromatic carbocycles. The number of carboxylic acid groups (broad SMARTS) is 1. The second-order valence-corrected chi connectivity index (χ2v) is 15.2. The van der Waals surface area contributed by atoms with Crippen molar-refractivity contribution >= 4 is 17.9 Å². The van der Waals surface area contributed by atoms with Crippen LogP contribution in [0.25, 0.3) is 0 Å². The summed E-state index contributed by atoms with van der Waals surface area (Å²) in [4.78, 5) is 35.6. The second-order valence-electron chi connectivity index (χ2n) is 15.2. The zero-order valence-corrected chi connectivity index (χ0v) is 27.9. The SMILES string of the molecule is COC1CC2C(C)(CCC(OC(C)=O)C2(C)C)C2=C1C1(C)C(O)CC(C(C)C(C/C=C(\C)C(=O)O)OC(C)=O)C1(C)CC2. The summed E-state index contributed by atoms with van der Waals surface area (Å²) in [6.45, 7) is 17.9. The zero-order valence-electron chi connectivity index (χ0n) is 27.9. The first-order chi connectivity index (χ1) is 19.9. The molecule has 4 rings (SSSR count). The molecule has 0 saturated heterocycles. The molecule has 2 N–H and O–H groups in total. The highest BCUT2D eigenvalue weighted by Crippen LogP contribution is 2.73. The number of carbonyl (C=O) groups excluding carboxylic acids is 2. The number of aliphatic hydroxyl groups excluding tert-OH is 1. The number of esters is 2. The third-order valence-corrected chi connectivity index (χ3v) is 12.9. The van der Waals surface area contributed by atoms with E-state index in [9.17, 15) is 24.6 Å². The average molecular weight is 603 g/mol. The number of methoxy groups -OCH3 is 1. The largest absolute Gasteiger partial charge is 0.478 e. The molecule has 0 spiro atoms. The molecule has 10 unspecified atom stereocenters. The Hall–Kier alpha value is -2.19. The molecule has 0 heterocycles. The molecular weight excluding hydrogens is 548 g/mol. The van der Waals surface area contributed by atoms with Crippen LogP contribution in [-0.2, 0) is 28.6 Å². The lowest BCUT2D eigenvalue weighted by Crippen LogP contribution is -2.60. The minimum absolute atomic E-state index is 0.0450. The maximum atomic E-state index is 12.2. The van der Waals surface area contributed by atoms with Gasteiger partial charge >= 0.3 is 17.9 Å². The number of allylic oxidation sites excluding steroid dienone is 1. The number of hydrogen-bond donors (Lipinski definition) is 2. The first-order valence-electron chi connectivity index (χ1n) is 16.1. The van der Waals surface area contributed by atoms with Crippen molar-refractivity contribution in [2.45, 2.75) is 132 Å². The van der Waals surface area contributed by atoms with Gasteiger partial charge in [0.2, 0.25) is 0 Å². The molecule has 0 aromatic rings. The molecule has 0 aliphatic heterocycles. The molecule has 4 aliphatic rings. The van der Waals surface area contributed by atoms with Crippen LogP contribution in [0.5, 0.6) is 0 Å². The van der Waals surface area contributed by atoms with E-state index < -0.39 is 29.6 Å². The van der Waals surface area contributed by atoms with Crippen LogP contribution in [0.1, 0.15) is 107 Å². The van der Waals surface area contributed by atoms with E-state index in [1.165, 1.54) is 25.0 Å². The van der Waals surface area contributed by atoms with Crippen LogP contribution in [-0.4, -0.2) is 59.6 Å². The Morgan fingerprint density at radius 1 is 1.02 bits per heavy atom. The highest BCUT2D eigenvalue weighted by atomic mass is 16.5. The van der Waals surface area contributed by atoms with E-state index in [1.54, 1.807) is 20.1 Å². The van der Waals surface area contributed by atoms with Crippen molar-refractivity contribution in [1.82, 2.24) is 0 Å². The molecule has 0 radical (unpaired) electrons. The van der Waals surface area contributed by atoms with Gasteiger partial charge in [-0.25, -0.2) is 4.79 Å². The van der Waals surface area contributed by atoms with Crippen molar-refractivity contribution in [1.29, 1.82) is 0 Å². The van der Waals surface area contributed by atoms with E-state index in [2.05, 4.69) is 41.5 Å². The van der Waals surface area contributed by atoms with E-state index in [1.807, 2.05) is 0 Å². The second kappa shape index (κ2) is 11.6. The third kappa shape index (κ3) is 5.28. The Bertz CT molecular complexity index is 1200. The molecule has 2 fully saturated rings. The maximum absolute atomic E-state index is 12.2. The van der Waals surface area contributed by atoms with Crippen LogP contribution < -0.4 is 0 Å². The Morgan fingerprint density at radius 2 is 1.67 bits per heavy atom. The topological polar surface area (TPSA) is 119 Å². The summed E-state index contributed by atoms with van der Waals surface area (Å²) in [5, 5.41) is 21.4. The summed E-state index contributed by atoms with van der Waals surface area (Å²) in [6, 6.07) is 0. The lowest BCUT2D eigenvalue weighted by molar-refractivity contribution is -0.171. The summed E-state index contributed by atoms with van der Waals surface area (Å²) < 4.78 is 18.0. The van der Waals surface area contributed by atoms with Crippen LogP contribution in [0.15, 0.2) is 22.8 Å². The minimum atomic E-state index is -0.989. The molecule has 4 aliphatic carbocycles. The Morgan fingerprint density at radius 3 is 2.23 bits per heavy atom. The summed E-state index contributed by atoms with van der Waals surface area (Å²) in [6.07, 6.45) is 5.41. The predicted molar refractivity (Wildman–Crippen MR) is 163 cm³/mol. The predicted octanol–water partition coefficient (Wildman–Crippen LogP) is 6.25. The fraction of sp³-hybridized carbons (Fsp3) is 0.800. The summed E-state index contributed by atoms with van der Waals surface area (Å²) >= 11 is 0. The average Bonchev–Trinajstić information content (AvgIpc) is 3.13. The van der Waals surface area contributed by atoms with Crippen LogP contribution in [0, 0.1) is 39.4 Å². The lowest BCUT2D eigenvalue weighted by Gasteiger charge is -2.63. The smallest absolute Gasteiger partial charge is 0.330 e. The molecule has 2 saturated carbocycles. The van der Waals surface area contributed by atoms with E-state index in [4.69, 9.17) is 14.2 Å². The Labute approximate surface area is 257 Å². The fourth-order valence-electron chi connectivity index (χ4n) is 10.3. The van der Waals surface area contributed by atoms with Gasteiger partial charge in [-0.15, -0.1) is 0 Å². The van der Waals surface area contributed by atoms with Gasteiger partial charge in [0.15, 0.2) is 0 Å². The molecule has 10 atom stereocenters. The molecule has 242 valence electrons. The first-order valence-corrected chi connectivity index (χ1v) is 16.1. The van der Waals surface area contributed by atoms with Gasteiger partial charge in [0.05, 0.1) is 12.2 Å². The van der Waals surface area contributed by atoms with Crippen molar-refractivity contribution in [3.8, 4) is 0 Å². The van der Waals surface area contributed by atoms with E-state index >= 15 is 0 Å². The highest BCUT2D eigenvalue weighted by Gasteiger charge is 2.69. The van der Waals surface area contributed by atoms with Crippen LogP contribution in [0.4, 0.5) is 0 Å². The van der Waals surface area contributed by atoms with Crippen molar-refractivity contribution in [2.75, 3.05) is 7.11 Å². The number of carbonyl (C=O) groups is 3. The molecular formula is C35H54O8. The number of aliphatic carboxylic acids is 1. The number of hydrogen-bond acceptors (Lipinski definition) is 7. The monoisotopic (exact) mass is 602 g/mol. The summed E-state index contributed by atoms with van der Waals surface area (Å²) in [7, 11) is 1.77. The van der Waals surface area contributed by atoms with Gasteiger partial charge in [-0.3, -0.25) is 9.59 Å². The molecule has 43 heavy (non-hydrogen) atoms. The van der Waals surface area contributed by atoms with Gasteiger partial charge < -0.3 is 24.4 Å². The number of rotatable bonds is 8. The van der Waals surface area contributed by atoms with Crippen molar-refractivity contribution in [2.24, 2.45) is 39.4 Å². The highest BCUT2D eigenvalue weighted by molar-refractivity contribution is 5.85. The van der Waals surface area contributed by atoms with Crippen molar-refractivity contribution in [3.63, 3.8) is 0 Å². The maximum Gasteiger partial charge on any atom is 0.330 e. The molecule has 8 nitrogen and oxygen atoms in total. The van der Waals surface area contributed by atoms with Crippen LogP contribution >= 0.6 is 0 Å². The van der Waals surface area contributed by atoms with Gasteiger partial charge in [0.1, 0.15) is 12.2 Å². The number of aliphatic hydroxyl groups is 1. The molecule has 0 amide bonds. The minimum Gasteiger partial charge on any atom is -0.478 e. The lowest BCUT2D eigenvalue weighted by atomic mass is 9.42. The molecule has 0 bridgehead atoms. The van der Waals surface area contributed by atoms with Gasteiger partial charge in [-0.2, -0.15) is 0 Å². The van der Waals surface area contributed by atoms with Gasteiger partial charge in [-0.1, -0.05) is 53.2 Å². The van der Waals surface area contributed by atoms with Gasteiger partial charge in [0.25, 0.3) is 0 Å². The summed E-state index contributed by atoms with van der Waals surface area (Å²) in [5.41, 5.74) is 1.71. The summed E-state index contributed by atoms with van der Waals surface area (Å²) in [5.74, 6) is -1.43. The Kier molecular flexibility index (Phi) is 9.11. The van der Waals surface area contributed by atoms with Gasteiger partial charge in [0, 0.05) is 43.8 Å². The van der Waals surface area contributed by atoms with E-state index in [-0.39, 0.29) is 57.7 Å². The number of carboxylic acids is 1. The van der Waals surface area contributed by atoms with Crippen molar-refractivity contribution < 1.29 is 38.8 Å². The number of fused-ring (bicyclic) bond motifs is 4. The zero-order chi connectivity index (χ0) is 32.3. The molecule has 0 aromatic heterocycles. The van der Waals surface area contributed by atoms with E-state index in [0.29, 0.717) is 12.8 Å². The third-order valence-electron chi connectivity index (χ3n) is 12.9. The van der Waals surface area contributed by atoms with Crippen LogP contribution in [0.3, 0.4) is 0 Å². The van der Waals surface area contributed by atoms with E-state index in [0.717, 1.165) is 32.1 Å².